The topological polar surface area (TPSA) is 113 Å². The quantitative estimate of drug-likeness (QED) is 0.332. The smallest absolute Gasteiger partial charge is 0.203 e. The van der Waals surface area contributed by atoms with Crippen molar-refractivity contribution in [1.82, 2.24) is 31.5 Å². The fourth-order valence-corrected chi connectivity index (χ4v) is 4.21. The fourth-order valence-electron chi connectivity index (χ4n) is 4.21. The van der Waals surface area contributed by atoms with E-state index in [1.807, 2.05) is 38.1 Å². The first-order chi connectivity index (χ1) is 18.1. The lowest BCUT2D eigenvalue weighted by Crippen LogP contribution is -2.56. The molecule has 37 heavy (non-hydrogen) atoms. The monoisotopic (exact) mass is 502 g/mol. The Balaban J connectivity index is 1.38. The maximum absolute atomic E-state index is 4.83. The summed E-state index contributed by atoms with van der Waals surface area (Å²) in [5.74, 6) is 2.91. The largest absolute Gasteiger partial charge is 0.359 e. The Kier molecular flexibility index (Phi) is 9.34. The lowest BCUT2D eigenvalue weighted by molar-refractivity contribution is 0.472. The third-order valence-electron chi connectivity index (χ3n) is 6.05. The maximum Gasteiger partial charge on any atom is 0.203 e. The minimum atomic E-state index is -0.339. The standard InChI is InChI=1S/C27H38N10/c1-20-32-26(29-3)37(27(33-20)31-18-16-22-13-8-5-9-14-22)19-23-34-24(28-2)36-25(35-23)30-17-10-15-21-11-6-4-7-12-21/h4-9,11-14,20,23H,10,15-19H2,1-3H3,(H,29,32)(H,31,33)(H3,28,30,34,35,36). The van der Waals surface area contributed by atoms with Crippen LogP contribution in [0.5, 0.6) is 0 Å². The normalized spacial score (nSPS) is 19.1. The fraction of sp³-hybridized carbons (Fsp3) is 0.407. The second kappa shape index (κ2) is 13.3. The Morgan fingerprint density at radius 2 is 1.38 bits per heavy atom. The molecule has 0 aliphatic carbocycles. The first-order valence-electron chi connectivity index (χ1n) is 12.9. The molecule has 2 aromatic carbocycles. The van der Waals surface area contributed by atoms with Gasteiger partial charge in [-0.2, -0.15) is 0 Å². The number of benzene rings is 2. The van der Waals surface area contributed by atoms with E-state index in [1.54, 1.807) is 0 Å². The average molecular weight is 503 g/mol. The molecule has 0 saturated heterocycles. The Hall–Kier alpha value is -4.08. The van der Waals surface area contributed by atoms with Crippen LogP contribution in [0.2, 0.25) is 0 Å². The summed E-state index contributed by atoms with van der Waals surface area (Å²) in [4.78, 5) is 21.0. The predicted molar refractivity (Wildman–Crippen MR) is 152 cm³/mol. The minimum Gasteiger partial charge on any atom is -0.359 e. The average Bonchev–Trinajstić information content (AvgIpc) is 2.93. The van der Waals surface area contributed by atoms with E-state index < -0.39 is 0 Å². The molecule has 4 rings (SSSR count). The van der Waals surface area contributed by atoms with Gasteiger partial charge in [-0.1, -0.05) is 60.7 Å². The molecule has 5 N–H and O–H groups in total. The van der Waals surface area contributed by atoms with Crippen LogP contribution in [-0.4, -0.2) is 74.8 Å². The molecule has 2 atom stereocenters. The van der Waals surface area contributed by atoms with E-state index in [2.05, 4.69) is 80.1 Å². The van der Waals surface area contributed by atoms with E-state index in [1.165, 1.54) is 11.1 Å². The molecule has 10 nitrogen and oxygen atoms in total. The summed E-state index contributed by atoms with van der Waals surface area (Å²) in [6, 6.07) is 20.9. The molecule has 2 aliphatic rings. The van der Waals surface area contributed by atoms with Gasteiger partial charge in [-0.05, 0) is 37.3 Å². The van der Waals surface area contributed by atoms with Crippen LogP contribution in [0.1, 0.15) is 24.5 Å². The Morgan fingerprint density at radius 3 is 2.05 bits per heavy atom. The highest BCUT2D eigenvalue weighted by atomic mass is 15.4. The van der Waals surface area contributed by atoms with Crippen LogP contribution >= 0.6 is 0 Å². The van der Waals surface area contributed by atoms with Crippen LogP contribution in [0.15, 0.2) is 80.6 Å². The van der Waals surface area contributed by atoms with Gasteiger partial charge in [-0.25, -0.2) is 20.0 Å². The van der Waals surface area contributed by atoms with Gasteiger partial charge < -0.3 is 21.3 Å². The first-order valence-corrected chi connectivity index (χ1v) is 12.9. The lowest BCUT2D eigenvalue weighted by atomic mass is 10.1. The van der Waals surface area contributed by atoms with Crippen molar-refractivity contribution in [3.8, 4) is 0 Å². The number of nitrogens with one attached hydrogen (secondary N) is 5. The van der Waals surface area contributed by atoms with E-state index >= 15 is 0 Å². The van der Waals surface area contributed by atoms with Gasteiger partial charge in [0.25, 0.3) is 0 Å². The summed E-state index contributed by atoms with van der Waals surface area (Å²) in [5, 5.41) is 16.5. The molecular weight excluding hydrogens is 464 g/mol. The zero-order chi connectivity index (χ0) is 25.9. The number of aryl methyl sites for hydroxylation is 1. The SMILES string of the molecule is CNC1=NC(CN2C(NC)=NC(C)N=C2NCCc2ccccc2)N=C(NCCCc2ccccc2)N1. The molecule has 2 heterocycles. The number of nitrogens with zero attached hydrogens (tertiary/aromatic N) is 5. The highest BCUT2D eigenvalue weighted by Crippen LogP contribution is 2.10. The van der Waals surface area contributed by atoms with E-state index in [0.717, 1.165) is 44.3 Å². The van der Waals surface area contributed by atoms with Crippen LogP contribution in [0.25, 0.3) is 0 Å². The summed E-state index contributed by atoms with van der Waals surface area (Å²) in [6.45, 7) is 4.04. The zero-order valence-electron chi connectivity index (χ0n) is 21.9. The van der Waals surface area contributed by atoms with Gasteiger partial charge in [0.05, 0.1) is 6.54 Å². The third-order valence-corrected chi connectivity index (χ3v) is 6.05. The summed E-state index contributed by atoms with van der Waals surface area (Å²) in [6.07, 6.45) is 2.41. The van der Waals surface area contributed by atoms with Crippen LogP contribution in [0, 0.1) is 0 Å². The van der Waals surface area contributed by atoms with Crippen molar-refractivity contribution in [2.45, 2.75) is 38.5 Å². The van der Waals surface area contributed by atoms with E-state index in [4.69, 9.17) is 15.0 Å². The van der Waals surface area contributed by atoms with Gasteiger partial charge in [0.15, 0.2) is 18.1 Å². The maximum atomic E-state index is 4.83. The van der Waals surface area contributed by atoms with E-state index in [-0.39, 0.29) is 12.3 Å². The summed E-state index contributed by atoms with van der Waals surface area (Å²) < 4.78 is 0. The van der Waals surface area contributed by atoms with Gasteiger partial charge in [-0.3, -0.25) is 10.2 Å². The van der Waals surface area contributed by atoms with E-state index in [9.17, 15) is 0 Å². The van der Waals surface area contributed by atoms with Crippen molar-refractivity contribution < 1.29 is 0 Å². The van der Waals surface area contributed by atoms with Gasteiger partial charge >= 0.3 is 0 Å². The second-order valence-electron chi connectivity index (χ2n) is 8.89. The molecule has 0 saturated carbocycles. The number of hydrogen-bond acceptors (Lipinski definition) is 10. The Bertz CT molecular complexity index is 1110. The van der Waals surface area contributed by atoms with Gasteiger partial charge in [0, 0.05) is 27.2 Å². The molecule has 0 radical (unpaired) electrons. The molecule has 10 heteroatoms. The molecule has 2 aromatic rings. The van der Waals surface area contributed by atoms with Gasteiger partial charge in [0.1, 0.15) is 6.17 Å². The minimum absolute atomic E-state index is 0.173. The number of aliphatic imine (C=N–C) groups is 4. The zero-order valence-corrected chi connectivity index (χ0v) is 21.9. The van der Waals surface area contributed by atoms with Crippen LogP contribution in [0.3, 0.4) is 0 Å². The molecule has 2 aliphatic heterocycles. The summed E-state index contributed by atoms with van der Waals surface area (Å²) in [7, 11) is 3.72. The van der Waals surface area contributed by atoms with Crippen LogP contribution < -0.4 is 26.6 Å². The second-order valence-corrected chi connectivity index (χ2v) is 8.89. The molecule has 0 spiro atoms. The van der Waals surface area contributed by atoms with Crippen molar-refractivity contribution >= 4 is 23.8 Å². The number of guanidine groups is 4. The molecule has 0 aromatic heterocycles. The summed E-state index contributed by atoms with van der Waals surface area (Å²) >= 11 is 0. The molecule has 0 bridgehead atoms. The van der Waals surface area contributed by atoms with Gasteiger partial charge in [-0.15, -0.1) is 0 Å². The van der Waals surface area contributed by atoms with Crippen molar-refractivity contribution in [3.05, 3.63) is 71.8 Å². The molecule has 0 fully saturated rings. The molecular formula is C27H38N10. The molecule has 0 amide bonds. The summed E-state index contributed by atoms with van der Waals surface area (Å²) in [5.41, 5.74) is 2.62. The van der Waals surface area contributed by atoms with Crippen LogP contribution in [-0.2, 0) is 12.8 Å². The Labute approximate surface area is 219 Å². The molecule has 196 valence electrons. The van der Waals surface area contributed by atoms with E-state index in [0.29, 0.717) is 18.5 Å². The molecule has 2 unspecified atom stereocenters. The highest BCUT2D eigenvalue weighted by Gasteiger charge is 2.27. The number of rotatable bonds is 9. The third kappa shape index (κ3) is 7.70. The van der Waals surface area contributed by atoms with Crippen molar-refractivity contribution in [2.24, 2.45) is 20.0 Å². The van der Waals surface area contributed by atoms with Crippen molar-refractivity contribution in [2.75, 3.05) is 33.7 Å². The van der Waals surface area contributed by atoms with Crippen molar-refractivity contribution in [3.63, 3.8) is 0 Å². The van der Waals surface area contributed by atoms with Gasteiger partial charge in [0.2, 0.25) is 11.9 Å². The number of hydrogen-bond donors (Lipinski definition) is 5. The van der Waals surface area contributed by atoms with Crippen molar-refractivity contribution in [1.29, 1.82) is 0 Å². The lowest BCUT2D eigenvalue weighted by Gasteiger charge is -2.33. The predicted octanol–water partition coefficient (Wildman–Crippen LogP) is 1.49. The van der Waals surface area contributed by atoms with Crippen LogP contribution in [0.4, 0.5) is 0 Å². The Morgan fingerprint density at radius 1 is 0.730 bits per heavy atom. The highest BCUT2D eigenvalue weighted by molar-refractivity contribution is 6.01. The first kappa shape index (κ1) is 26.0.